The van der Waals surface area contributed by atoms with Gasteiger partial charge in [0.2, 0.25) is 11.9 Å². The molecule has 0 unspecified atom stereocenters. The van der Waals surface area contributed by atoms with Gasteiger partial charge in [-0.05, 0) is 28.9 Å². The number of halogens is 3. The fourth-order valence-corrected chi connectivity index (χ4v) is 1.70. The number of anilines is 3. The summed E-state index contributed by atoms with van der Waals surface area (Å²) in [6.45, 7) is 2.10. The molecule has 0 aliphatic rings. The van der Waals surface area contributed by atoms with Gasteiger partial charge in [-0.2, -0.15) is 15.0 Å². The summed E-state index contributed by atoms with van der Waals surface area (Å²) in [7, 11) is 0. The molecule has 2 rings (SSSR count). The van der Waals surface area contributed by atoms with Crippen LogP contribution in [0.1, 0.15) is 6.92 Å². The molecular weight excluding hydrogens is 336 g/mol. The summed E-state index contributed by atoms with van der Waals surface area (Å²) in [5.74, 6) is -1.58. The monoisotopic (exact) mass is 345 g/mol. The third-order valence-electron chi connectivity index (χ3n) is 2.16. The Labute approximate surface area is 121 Å². The Morgan fingerprint density at radius 2 is 2.00 bits per heavy atom. The van der Waals surface area contributed by atoms with Crippen molar-refractivity contribution in [3.8, 4) is 6.01 Å². The van der Waals surface area contributed by atoms with Crippen LogP contribution in [0, 0.1) is 11.6 Å². The number of nitrogen functional groups attached to an aromatic ring is 1. The second-order valence-corrected chi connectivity index (χ2v) is 4.46. The van der Waals surface area contributed by atoms with E-state index in [4.69, 9.17) is 10.5 Å². The van der Waals surface area contributed by atoms with Gasteiger partial charge in [0.05, 0.1) is 16.8 Å². The van der Waals surface area contributed by atoms with Crippen molar-refractivity contribution in [3.05, 3.63) is 28.2 Å². The van der Waals surface area contributed by atoms with Crippen LogP contribution >= 0.6 is 15.9 Å². The van der Waals surface area contributed by atoms with E-state index in [-0.39, 0.29) is 28.1 Å². The van der Waals surface area contributed by atoms with Gasteiger partial charge in [0.25, 0.3) is 0 Å². The van der Waals surface area contributed by atoms with Gasteiger partial charge in [0.15, 0.2) is 0 Å². The van der Waals surface area contributed by atoms with Crippen molar-refractivity contribution in [1.82, 2.24) is 15.0 Å². The normalized spacial score (nSPS) is 10.4. The van der Waals surface area contributed by atoms with E-state index in [1.54, 1.807) is 6.92 Å². The summed E-state index contributed by atoms with van der Waals surface area (Å²) >= 11 is 2.96. The minimum Gasteiger partial charge on any atom is -0.464 e. The van der Waals surface area contributed by atoms with Gasteiger partial charge in [-0.15, -0.1) is 0 Å². The van der Waals surface area contributed by atoms with Crippen molar-refractivity contribution in [1.29, 1.82) is 0 Å². The highest BCUT2D eigenvalue weighted by Gasteiger charge is 2.11. The first-order valence-corrected chi connectivity index (χ1v) is 6.34. The number of hydrogen-bond donors (Lipinski definition) is 2. The molecule has 0 fully saturated rings. The van der Waals surface area contributed by atoms with E-state index in [1.807, 2.05) is 0 Å². The summed E-state index contributed by atoms with van der Waals surface area (Å²) in [6, 6.07) is 1.98. The Morgan fingerprint density at radius 3 is 2.70 bits per heavy atom. The minimum absolute atomic E-state index is 0.00152. The molecular formula is C11H10BrF2N5O. The van der Waals surface area contributed by atoms with Gasteiger partial charge in [-0.1, -0.05) is 0 Å². The molecule has 1 aromatic carbocycles. The third kappa shape index (κ3) is 3.29. The minimum atomic E-state index is -0.789. The zero-order chi connectivity index (χ0) is 14.7. The van der Waals surface area contributed by atoms with Crippen molar-refractivity contribution in [2.75, 3.05) is 17.7 Å². The number of ether oxygens (including phenoxy) is 1. The molecule has 6 nitrogen and oxygen atoms in total. The topological polar surface area (TPSA) is 86.0 Å². The van der Waals surface area contributed by atoms with Gasteiger partial charge in [0.1, 0.15) is 11.6 Å². The lowest BCUT2D eigenvalue weighted by molar-refractivity contribution is 0.312. The van der Waals surface area contributed by atoms with Crippen molar-refractivity contribution < 1.29 is 13.5 Å². The van der Waals surface area contributed by atoms with Gasteiger partial charge in [0, 0.05) is 6.07 Å². The first-order valence-electron chi connectivity index (χ1n) is 5.55. The van der Waals surface area contributed by atoms with Crippen LogP contribution in [0.4, 0.5) is 26.4 Å². The fourth-order valence-electron chi connectivity index (χ4n) is 1.36. The highest BCUT2D eigenvalue weighted by molar-refractivity contribution is 9.10. The molecule has 2 aromatic rings. The van der Waals surface area contributed by atoms with Crippen LogP contribution in [0.2, 0.25) is 0 Å². The van der Waals surface area contributed by atoms with E-state index in [2.05, 4.69) is 36.2 Å². The Hall–Kier alpha value is -2.03. The molecule has 0 atom stereocenters. The fraction of sp³-hybridized carbons (Fsp3) is 0.182. The molecule has 0 bridgehead atoms. The molecule has 1 aromatic heterocycles. The van der Waals surface area contributed by atoms with Gasteiger partial charge in [-0.3, -0.25) is 0 Å². The second-order valence-electron chi connectivity index (χ2n) is 3.60. The van der Waals surface area contributed by atoms with Gasteiger partial charge < -0.3 is 15.8 Å². The molecule has 0 saturated carbocycles. The zero-order valence-electron chi connectivity index (χ0n) is 10.3. The molecule has 0 aliphatic heterocycles. The van der Waals surface area contributed by atoms with Crippen molar-refractivity contribution in [2.45, 2.75) is 6.92 Å². The average Bonchev–Trinajstić information content (AvgIpc) is 2.35. The van der Waals surface area contributed by atoms with Crippen LogP contribution in [0.15, 0.2) is 16.6 Å². The molecule has 0 amide bonds. The summed E-state index contributed by atoms with van der Waals surface area (Å²) < 4.78 is 31.9. The predicted octanol–water partition coefficient (Wildman–Crippen LogP) is 2.64. The van der Waals surface area contributed by atoms with Crippen molar-refractivity contribution in [3.63, 3.8) is 0 Å². The molecule has 0 aliphatic carbocycles. The lowest BCUT2D eigenvalue weighted by atomic mass is 10.3. The van der Waals surface area contributed by atoms with Crippen molar-refractivity contribution >= 4 is 33.5 Å². The number of nitrogens with two attached hydrogens (primary N) is 1. The smallest absolute Gasteiger partial charge is 0.323 e. The maximum absolute atomic E-state index is 13.6. The van der Waals surface area contributed by atoms with E-state index in [9.17, 15) is 8.78 Å². The van der Waals surface area contributed by atoms with E-state index < -0.39 is 11.6 Å². The number of hydrogen-bond acceptors (Lipinski definition) is 6. The van der Waals surface area contributed by atoms with Crippen LogP contribution in [-0.4, -0.2) is 21.6 Å². The Morgan fingerprint density at radius 1 is 1.25 bits per heavy atom. The van der Waals surface area contributed by atoms with Crippen LogP contribution in [0.3, 0.4) is 0 Å². The van der Waals surface area contributed by atoms with Crippen LogP contribution < -0.4 is 15.8 Å². The molecule has 0 spiro atoms. The number of benzene rings is 1. The predicted molar refractivity (Wildman–Crippen MR) is 72.7 cm³/mol. The molecule has 9 heteroatoms. The van der Waals surface area contributed by atoms with Gasteiger partial charge in [-0.25, -0.2) is 8.78 Å². The quantitative estimate of drug-likeness (QED) is 0.828. The van der Waals surface area contributed by atoms with E-state index in [0.29, 0.717) is 6.61 Å². The Bertz CT molecular complexity index is 640. The Kier molecular flexibility index (Phi) is 4.28. The zero-order valence-corrected chi connectivity index (χ0v) is 11.9. The Balaban J connectivity index is 2.32. The first kappa shape index (κ1) is 14.4. The highest BCUT2D eigenvalue weighted by Crippen LogP contribution is 2.25. The van der Waals surface area contributed by atoms with Crippen LogP contribution in [-0.2, 0) is 0 Å². The maximum atomic E-state index is 13.6. The number of rotatable bonds is 4. The van der Waals surface area contributed by atoms with E-state index in [1.165, 1.54) is 6.07 Å². The number of nitrogens with zero attached hydrogens (tertiary/aromatic N) is 3. The third-order valence-corrected chi connectivity index (χ3v) is 2.77. The molecule has 106 valence electrons. The number of aromatic nitrogens is 3. The molecule has 0 saturated heterocycles. The second kappa shape index (κ2) is 5.95. The summed E-state index contributed by atoms with van der Waals surface area (Å²) in [5, 5.41) is 2.59. The van der Waals surface area contributed by atoms with Crippen LogP contribution in [0.5, 0.6) is 6.01 Å². The first-order chi connectivity index (χ1) is 9.49. The lowest BCUT2D eigenvalue weighted by Gasteiger charge is -2.08. The lowest BCUT2D eigenvalue weighted by Crippen LogP contribution is -2.07. The molecule has 0 radical (unpaired) electrons. The SMILES string of the molecule is CCOc1nc(N)nc(Nc2cc(Br)c(F)cc2F)n1. The highest BCUT2D eigenvalue weighted by atomic mass is 79.9. The maximum Gasteiger partial charge on any atom is 0.323 e. The van der Waals surface area contributed by atoms with E-state index >= 15 is 0 Å². The molecule has 20 heavy (non-hydrogen) atoms. The standard InChI is InChI=1S/C11H10BrF2N5O/c1-2-20-11-18-9(15)17-10(19-11)16-8-3-5(12)6(13)4-7(8)14/h3-4H,2H2,1H3,(H3,15,16,17,18,19). The van der Waals surface area contributed by atoms with Crippen LogP contribution in [0.25, 0.3) is 0 Å². The van der Waals surface area contributed by atoms with Gasteiger partial charge >= 0.3 is 6.01 Å². The van der Waals surface area contributed by atoms with E-state index in [0.717, 1.165) is 6.07 Å². The summed E-state index contributed by atoms with van der Waals surface area (Å²) in [5.41, 5.74) is 5.48. The molecule has 3 N–H and O–H groups in total. The summed E-state index contributed by atoms with van der Waals surface area (Å²) in [6.07, 6.45) is 0. The summed E-state index contributed by atoms with van der Waals surface area (Å²) in [4.78, 5) is 11.4. The number of nitrogens with one attached hydrogen (secondary N) is 1. The van der Waals surface area contributed by atoms with Crippen molar-refractivity contribution in [2.24, 2.45) is 0 Å². The molecule has 1 heterocycles. The largest absolute Gasteiger partial charge is 0.464 e. The average molecular weight is 346 g/mol.